The van der Waals surface area contributed by atoms with Gasteiger partial charge in [-0.15, -0.1) is 0 Å². The third kappa shape index (κ3) is 3.78. The summed E-state index contributed by atoms with van der Waals surface area (Å²) in [5.41, 5.74) is 2.99. The van der Waals surface area contributed by atoms with Crippen LogP contribution in [0, 0.1) is 4.77 Å². The zero-order valence-corrected chi connectivity index (χ0v) is 15.0. The Kier molecular flexibility index (Phi) is 5.51. The van der Waals surface area contributed by atoms with E-state index in [2.05, 4.69) is 22.5 Å². The van der Waals surface area contributed by atoms with Crippen LogP contribution >= 0.6 is 12.2 Å². The first-order valence-corrected chi connectivity index (χ1v) is 9.20. The number of ether oxygens (including phenoxy) is 1. The van der Waals surface area contributed by atoms with Gasteiger partial charge in [0.2, 0.25) is 0 Å². The topological polar surface area (TPSA) is 47.0 Å². The first kappa shape index (κ1) is 17.0. The van der Waals surface area contributed by atoms with Crippen LogP contribution < -0.4 is 10.3 Å². The van der Waals surface area contributed by atoms with E-state index in [1.165, 1.54) is 31.2 Å². The van der Waals surface area contributed by atoms with E-state index < -0.39 is 0 Å². The highest BCUT2D eigenvalue weighted by molar-refractivity contribution is 7.71. The van der Waals surface area contributed by atoms with Gasteiger partial charge in [0, 0.05) is 19.0 Å². The molecule has 0 aliphatic carbocycles. The van der Waals surface area contributed by atoms with Gasteiger partial charge in [-0.25, -0.2) is 0 Å². The first-order valence-electron chi connectivity index (χ1n) is 8.79. The third-order valence-corrected chi connectivity index (χ3v) is 4.83. The number of nitrogens with one attached hydrogen (secondary N) is 1. The molecule has 0 spiro atoms. The van der Waals surface area contributed by atoms with E-state index in [9.17, 15) is 4.79 Å². The number of aromatic amines is 1. The molecule has 2 aromatic rings. The Morgan fingerprint density at radius 2 is 2.04 bits per heavy atom. The Balaban J connectivity index is 1.89. The molecule has 0 atom stereocenters. The van der Waals surface area contributed by atoms with Crippen molar-refractivity contribution in [1.82, 2.24) is 9.55 Å². The average molecular weight is 344 g/mol. The zero-order valence-electron chi connectivity index (χ0n) is 14.1. The lowest BCUT2D eigenvalue weighted by Gasteiger charge is -2.14. The molecule has 3 rings (SSSR count). The van der Waals surface area contributed by atoms with Crippen LogP contribution in [0.4, 0.5) is 0 Å². The van der Waals surface area contributed by atoms with Crippen molar-refractivity contribution in [2.24, 2.45) is 0 Å². The molecule has 4 nitrogen and oxygen atoms in total. The van der Waals surface area contributed by atoms with Crippen molar-refractivity contribution < 1.29 is 4.74 Å². The molecule has 0 saturated carbocycles. The van der Waals surface area contributed by atoms with Gasteiger partial charge in [-0.05, 0) is 48.0 Å². The summed E-state index contributed by atoms with van der Waals surface area (Å²) >= 11 is 5.41. The number of unbranched alkanes of at least 4 members (excludes halogenated alkanes) is 4. The van der Waals surface area contributed by atoms with E-state index in [0.717, 1.165) is 43.0 Å². The van der Waals surface area contributed by atoms with Gasteiger partial charge in [-0.3, -0.25) is 9.78 Å². The Labute approximate surface area is 147 Å². The summed E-state index contributed by atoms with van der Waals surface area (Å²) in [7, 11) is 0. The summed E-state index contributed by atoms with van der Waals surface area (Å²) in [6, 6.07) is 7.79. The molecule has 0 unspecified atom stereocenters. The zero-order chi connectivity index (χ0) is 16.9. The van der Waals surface area contributed by atoms with Crippen molar-refractivity contribution in [2.75, 3.05) is 6.61 Å². The molecule has 0 saturated heterocycles. The molecule has 0 bridgehead atoms. The fraction of sp³-hybridized carbons (Fsp3) is 0.474. The fourth-order valence-corrected chi connectivity index (χ4v) is 3.49. The second-order valence-corrected chi connectivity index (χ2v) is 6.70. The predicted molar refractivity (Wildman–Crippen MR) is 99.3 cm³/mol. The van der Waals surface area contributed by atoms with E-state index >= 15 is 0 Å². The highest BCUT2D eigenvalue weighted by atomic mass is 32.1. The van der Waals surface area contributed by atoms with Crippen molar-refractivity contribution in [2.45, 2.75) is 52.0 Å². The van der Waals surface area contributed by atoms with Gasteiger partial charge in [0.25, 0.3) is 5.56 Å². The van der Waals surface area contributed by atoms with Gasteiger partial charge in [-0.2, -0.15) is 0 Å². The minimum atomic E-state index is -0.144. The summed E-state index contributed by atoms with van der Waals surface area (Å²) in [6.45, 7) is 3.79. The van der Waals surface area contributed by atoms with Gasteiger partial charge in [0.15, 0.2) is 4.77 Å². The standard InChI is InChI=1S/C19H24N2O2S/c1-2-3-4-5-6-10-21-16(13-18(22)20-19(21)24)14-7-8-17-15(12-14)9-11-23-17/h7-8,12-13H,2-6,9-11H2,1H3,(H,20,22,24). The van der Waals surface area contributed by atoms with Crippen LogP contribution in [0.3, 0.4) is 0 Å². The number of nitrogens with zero attached hydrogens (tertiary/aromatic N) is 1. The number of hydrogen-bond donors (Lipinski definition) is 1. The molecule has 1 N–H and O–H groups in total. The van der Waals surface area contributed by atoms with Gasteiger partial charge in [-0.1, -0.05) is 32.6 Å². The van der Waals surface area contributed by atoms with Crippen molar-refractivity contribution >= 4 is 12.2 Å². The molecule has 24 heavy (non-hydrogen) atoms. The normalized spacial score (nSPS) is 12.9. The lowest BCUT2D eigenvalue weighted by atomic mass is 10.1. The van der Waals surface area contributed by atoms with Crippen molar-refractivity contribution in [3.63, 3.8) is 0 Å². The Morgan fingerprint density at radius 3 is 2.88 bits per heavy atom. The van der Waals surface area contributed by atoms with Crippen LogP contribution in [0.25, 0.3) is 11.3 Å². The highest BCUT2D eigenvalue weighted by Crippen LogP contribution is 2.30. The Morgan fingerprint density at radius 1 is 1.21 bits per heavy atom. The lowest BCUT2D eigenvalue weighted by molar-refractivity contribution is 0.357. The minimum absolute atomic E-state index is 0.144. The van der Waals surface area contributed by atoms with Gasteiger partial charge in [0.1, 0.15) is 5.75 Å². The monoisotopic (exact) mass is 344 g/mol. The number of H-pyrrole nitrogens is 1. The van der Waals surface area contributed by atoms with E-state index in [4.69, 9.17) is 17.0 Å². The van der Waals surface area contributed by atoms with E-state index in [-0.39, 0.29) is 5.56 Å². The van der Waals surface area contributed by atoms with E-state index in [1.807, 2.05) is 12.1 Å². The number of aromatic nitrogens is 2. The molecule has 2 heterocycles. The van der Waals surface area contributed by atoms with Crippen molar-refractivity contribution in [3.05, 3.63) is 45.0 Å². The predicted octanol–water partition coefficient (Wildman–Crippen LogP) is 4.48. The molecule has 1 aromatic heterocycles. The number of fused-ring (bicyclic) bond motifs is 1. The number of rotatable bonds is 7. The van der Waals surface area contributed by atoms with Crippen LogP contribution in [0.15, 0.2) is 29.1 Å². The smallest absolute Gasteiger partial charge is 0.252 e. The molecule has 1 aromatic carbocycles. The number of hydrogen-bond acceptors (Lipinski definition) is 3. The molecule has 0 amide bonds. The molecule has 0 fully saturated rings. The highest BCUT2D eigenvalue weighted by Gasteiger charge is 2.14. The third-order valence-electron chi connectivity index (χ3n) is 4.50. The molecule has 1 aliphatic heterocycles. The largest absolute Gasteiger partial charge is 0.493 e. The fourth-order valence-electron chi connectivity index (χ4n) is 3.20. The maximum atomic E-state index is 11.9. The van der Waals surface area contributed by atoms with Crippen LogP contribution in [-0.4, -0.2) is 16.2 Å². The second-order valence-electron chi connectivity index (χ2n) is 6.31. The van der Waals surface area contributed by atoms with Crippen LogP contribution in [0.5, 0.6) is 5.75 Å². The van der Waals surface area contributed by atoms with Gasteiger partial charge >= 0.3 is 0 Å². The second kappa shape index (κ2) is 7.79. The first-order chi connectivity index (χ1) is 11.7. The minimum Gasteiger partial charge on any atom is -0.493 e. The molecule has 5 heteroatoms. The number of benzene rings is 1. The maximum absolute atomic E-state index is 11.9. The van der Waals surface area contributed by atoms with Crippen molar-refractivity contribution in [1.29, 1.82) is 0 Å². The Bertz CT molecular complexity index is 823. The van der Waals surface area contributed by atoms with Gasteiger partial charge < -0.3 is 9.30 Å². The molecule has 1 aliphatic rings. The quantitative estimate of drug-likeness (QED) is 0.595. The molecule has 0 radical (unpaired) electrons. The average Bonchev–Trinajstić information content (AvgIpc) is 3.03. The van der Waals surface area contributed by atoms with Gasteiger partial charge in [0.05, 0.1) is 12.3 Å². The van der Waals surface area contributed by atoms with E-state index in [1.54, 1.807) is 6.07 Å². The Hall–Kier alpha value is -1.88. The summed E-state index contributed by atoms with van der Waals surface area (Å²) in [6.07, 6.45) is 6.94. The molecular weight excluding hydrogens is 320 g/mol. The molecule has 128 valence electrons. The summed E-state index contributed by atoms with van der Waals surface area (Å²) in [5.74, 6) is 0.952. The molecular formula is C19H24N2O2S. The summed E-state index contributed by atoms with van der Waals surface area (Å²) in [5, 5.41) is 0. The SMILES string of the molecule is CCCCCCCn1c(-c2ccc3c(c2)CCO3)cc(=O)[nH]c1=S. The van der Waals surface area contributed by atoms with E-state index in [0.29, 0.717) is 4.77 Å². The maximum Gasteiger partial charge on any atom is 0.252 e. The van der Waals surface area contributed by atoms with Crippen LogP contribution in [0.1, 0.15) is 44.6 Å². The lowest BCUT2D eigenvalue weighted by Crippen LogP contribution is -2.15. The summed E-state index contributed by atoms with van der Waals surface area (Å²) in [4.78, 5) is 14.7. The van der Waals surface area contributed by atoms with Crippen molar-refractivity contribution in [3.8, 4) is 17.0 Å². The summed E-state index contributed by atoms with van der Waals surface area (Å²) < 4.78 is 8.13. The van der Waals surface area contributed by atoms with Crippen LogP contribution in [-0.2, 0) is 13.0 Å². The van der Waals surface area contributed by atoms with Crippen LogP contribution in [0.2, 0.25) is 0 Å².